The zero-order valence-electron chi connectivity index (χ0n) is 8.56. The maximum Gasteiger partial charge on any atom is 0.0249 e. The molecule has 1 aliphatic rings. The second-order valence-electron chi connectivity index (χ2n) is 4.66. The van der Waals surface area contributed by atoms with E-state index >= 15 is 0 Å². The van der Waals surface area contributed by atoms with Gasteiger partial charge in [0.15, 0.2) is 0 Å². The van der Waals surface area contributed by atoms with E-state index in [9.17, 15) is 0 Å². The van der Waals surface area contributed by atoms with Crippen LogP contribution in [0, 0.1) is 5.92 Å². The first-order chi connectivity index (χ1) is 5.53. The van der Waals surface area contributed by atoms with E-state index in [4.69, 9.17) is 5.73 Å². The summed E-state index contributed by atoms with van der Waals surface area (Å²) in [5.41, 5.74) is 6.00. The number of hydrogen-bond donors (Lipinski definition) is 2. The lowest BCUT2D eigenvalue weighted by Crippen LogP contribution is -2.51. The highest BCUT2D eigenvalue weighted by Crippen LogP contribution is 2.26. The van der Waals surface area contributed by atoms with Crippen molar-refractivity contribution in [1.82, 2.24) is 5.32 Å². The average molecular weight is 170 g/mol. The Labute approximate surface area is 75.9 Å². The van der Waals surface area contributed by atoms with Crippen molar-refractivity contribution in [3.8, 4) is 0 Å². The highest BCUT2D eigenvalue weighted by molar-refractivity contribution is 4.87. The standard InChI is InChI=1S/C10H22N2/c1-4-10(3,11)7-12-9-5-8(2)6-9/h8-9,12H,4-7,11H2,1-3H3. The molecule has 0 amide bonds. The molecule has 1 fully saturated rings. The lowest BCUT2D eigenvalue weighted by molar-refractivity contribution is 0.226. The lowest BCUT2D eigenvalue weighted by Gasteiger charge is -2.36. The van der Waals surface area contributed by atoms with E-state index < -0.39 is 0 Å². The fraction of sp³-hybridized carbons (Fsp3) is 1.00. The molecule has 1 saturated carbocycles. The number of rotatable bonds is 4. The summed E-state index contributed by atoms with van der Waals surface area (Å²) >= 11 is 0. The fourth-order valence-corrected chi connectivity index (χ4v) is 1.57. The Morgan fingerprint density at radius 1 is 1.50 bits per heavy atom. The second-order valence-corrected chi connectivity index (χ2v) is 4.66. The van der Waals surface area contributed by atoms with Gasteiger partial charge in [-0.3, -0.25) is 0 Å². The smallest absolute Gasteiger partial charge is 0.0249 e. The van der Waals surface area contributed by atoms with Gasteiger partial charge in [0.05, 0.1) is 0 Å². The van der Waals surface area contributed by atoms with Crippen molar-refractivity contribution in [1.29, 1.82) is 0 Å². The highest BCUT2D eigenvalue weighted by Gasteiger charge is 2.26. The molecule has 72 valence electrons. The average Bonchev–Trinajstić information content (AvgIpc) is 1.96. The van der Waals surface area contributed by atoms with E-state index in [0.717, 1.165) is 24.9 Å². The topological polar surface area (TPSA) is 38.0 Å². The van der Waals surface area contributed by atoms with Crippen LogP contribution in [0.2, 0.25) is 0 Å². The monoisotopic (exact) mass is 170 g/mol. The summed E-state index contributed by atoms with van der Waals surface area (Å²) in [5.74, 6) is 0.924. The molecular weight excluding hydrogens is 148 g/mol. The van der Waals surface area contributed by atoms with Crippen LogP contribution >= 0.6 is 0 Å². The summed E-state index contributed by atoms with van der Waals surface area (Å²) in [6.45, 7) is 7.52. The number of nitrogens with one attached hydrogen (secondary N) is 1. The molecular formula is C10H22N2. The SMILES string of the molecule is CCC(C)(N)CNC1CC(C)C1. The molecule has 12 heavy (non-hydrogen) atoms. The van der Waals surface area contributed by atoms with Gasteiger partial charge in [0.1, 0.15) is 0 Å². The van der Waals surface area contributed by atoms with E-state index in [1.165, 1.54) is 12.8 Å². The second kappa shape index (κ2) is 3.75. The minimum atomic E-state index is -0.0151. The van der Waals surface area contributed by atoms with Crippen molar-refractivity contribution < 1.29 is 0 Å². The summed E-state index contributed by atoms with van der Waals surface area (Å²) < 4.78 is 0. The van der Waals surface area contributed by atoms with Gasteiger partial charge in [0, 0.05) is 18.1 Å². The summed E-state index contributed by atoms with van der Waals surface area (Å²) in [5, 5.41) is 3.52. The minimum Gasteiger partial charge on any atom is -0.324 e. The predicted octanol–water partition coefficient (Wildman–Crippen LogP) is 1.50. The van der Waals surface area contributed by atoms with Crippen LogP contribution in [-0.4, -0.2) is 18.1 Å². The molecule has 0 bridgehead atoms. The van der Waals surface area contributed by atoms with E-state index in [-0.39, 0.29) is 5.54 Å². The molecule has 1 aliphatic carbocycles. The quantitative estimate of drug-likeness (QED) is 0.671. The zero-order valence-corrected chi connectivity index (χ0v) is 8.56. The molecule has 0 spiro atoms. The van der Waals surface area contributed by atoms with Crippen LogP contribution in [0.5, 0.6) is 0 Å². The third-order valence-corrected chi connectivity index (χ3v) is 2.98. The molecule has 0 radical (unpaired) electrons. The van der Waals surface area contributed by atoms with E-state index in [2.05, 4.69) is 26.1 Å². The summed E-state index contributed by atoms with van der Waals surface area (Å²) in [7, 11) is 0. The Morgan fingerprint density at radius 3 is 2.50 bits per heavy atom. The summed E-state index contributed by atoms with van der Waals surface area (Å²) in [6, 6.07) is 0.745. The molecule has 2 heteroatoms. The van der Waals surface area contributed by atoms with Gasteiger partial charge in [0.2, 0.25) is 0 Å². The normalized spacial score (nSPS) is 34.0. The van der Waals surface area contributed by atoms with Crippen molar-refractivity contribution in [2.24, 2.45) is 11.7 Å². The van der Waals surface area contributed by atoms with Crippen molar-refractivity contribution in [2.45, 2.75) is 51.6 Å². The minimum absolute atomic E-state index is 0.0151. The Morgan fingerprint density at radius 2 is 2.08 bits per heavy atom. The maximum atomic E-state index is 6.02. The van der Waals surface area contributed by atoms with Crippen LogP contribution in [0.1, 0.15) is 40.0 Å². The summed E-state index contributed by atoms with van der Waals surface area (Å²) in [6.07, 6.45) is 3.71. The molecule has 0 aromatic carbocycles. The number of nitrogens with two attached hydrogens (primary N) is 1. The predicted molar refractivity (Wildman–Crippen MR) is 53.1 cm³/mol. The van der Waals surface area contributed by atoms with Crippen molar-refractivity contribution in [2.75, 3.05) is 6.54 Å². The third-order valence-electron chi connectivity index (χ3n) is 2.98. The molecule has 0 aromatic heterocycles. The van der Waals surface area contributed by atoms with Gasteiger partial charge in [-0.05, 0) is 32.1 Å². The first-order valence-corrected chi connectivity index (χ1v) is 5.06. The Balaban J connectivity index is 2.10. The van der Waals surface area contributed by atoms with Crippen molar-refractivity contribution >= 4 is 0 Å². The molecule has 1 atom stereocenters. The van der Waals surface area contributed by atoms with Gasteiger partial charge in [-0.2, -0.15) is 0 Å². The molecule has 0 aliphatic heterocycles. The number of hydrogen-bond acceptors (Lipinski definition) is 2. The Hall–Kier alpha value is -0.0800. The Kier molecular flexibility index (Phi) is 3.13. The largest absolute Gasteiger partial charge is 0.324 e. The van der Waals surface area contributed by atoms with Crippen LogP contribution in [-0.2, 0) is 0 Å². The van der Waals surface area contributed by atoms with Gasteiger partial charge in [-0.25, -0.2) is 0 Å². The fourth-order valence-electron chi connectivity index (χ4n) is 1.57. The van der Waals surface area contributed by atoms with E-state index in [1.807, 2.05) is 0 Å². The lowest BCUT2D eigenvalue weighted by atomic mass is 9.81. The molecule has 0 heterocycles. The van der Waals surface area contributed by atoms with Crippen molar-refractivity contribution in [3.05, 3.63) is 0 Å². The van der Waals surface area contributed by atoms with Crippen LogP contribution in [0.25, 0.3) is 0 Å². The van der Waals surface area contributed by atoms with E-state index in [0.29, 0.717) is 0 Å². The Bertz CT molecular complexity index is 137. The van der Waals surface area contributed by atoms with Crippen LogP contribution < -0.4 is 11.1 Å². The van der Waals surface area contributed by atoms with Gasteiger partial charge in [-0.15, -0.1) is 0 Å². The molecule has 2 nitrogen and oxygen atoms in total. The first kappa shape index (κ1) is 10.0. The van der Waals surface area contributed by atoms with Gasteiger partial charge in [0.25, 0.3) is 0 Å². The molecule has 0 aromatic rings. The van der Waals surface area contributed by atoms with Gasteiger partial charge >= 0.3 is 0 Å². The third kappa shape index (κ3) is 2.76. The van der Waals surface area contributed by atoms with Crippen molar-refractivity contribution in [3.63, 3.8) is 0 Å². The summed E-state index contributed by atoms with van der Waals surface area (Å²) in [4.78, 5) is 0. The molecule has 0 saturated heterocycles. The first-order valence-electron chi connectivity index (χ1n) is 5.06. The van der Waals surface area contributed by atoms with Crippen LogP contribution in [0.15, 0.2) is 0 Å². The molecule has 1 rings (SSSR count). The van der Waals surface area contributed by atoms with Gasteiger partial charge in [-0.1, -0.05) is 13.8 Å². The van der Waals surface area contributed by atoms with E-state index in [1.54, 1.807) is 0 Å². The molecule has 1 unspecified atom stereocenters. The maximum absolute atomic E-state index is 6.02. The van der Waals surface area contributed by atoms with Crippen LogP contribution in [0.3, 0.4) is 0 Å². The molecule has 3 N–H and O–H groups in total. The zero-order chi connectivity index (χ0) is 9.19. The highest BCUT2D eigenvalue weighted by atomic mass is 15.0. The van der Waals surface area contributed by atoms with Crippen LogP contribution in [0.4, 0.5) is 0 Å². The van der Waals surface area contributed by atoms with Gasteiger partial charge < -0.3 is 11.1 Å².